The minimum atomic E-state index is -0.187. The van der Waals surface area contributed by atoms with E-state index in [-0.39, 0.29) is 17.6 Å². The molecule has 21 heavy (non-hydrogen) atoms. The molecule has 0 heterocycles. The van der Waals surface area contributed by atoms with Gasteiger partial charge in [-0.25, -0.2) is 4.79 Å². The minimum absolute atomic E-state index is 0.151. The highest BCUT2D eigenvalue weighted by atomic mass is 16.2. The van der Waals surface area contributed by atoms with Gasteiger partial charge in [0.15, 0.2) is 0 Å². The van der Waals surface area contributed by atoms with E-state index in [1.807, 2.05) is 32.0 Å². The summed E-state index contributed by atoms with van der Waals surface area (Å²) in [6.07, 6.45) is 2.00. The molecule has 0 radical (unpaired) electrons. The molecule has 0 spiro atoms. The van der Waals surface area contributed by atoms with Crippen molar-refractivity contribution in [3.8, 4) is 0 Å². The van der Waals surface area contributed by atoms with Gasteiger partial charge in [0.1, 0.15) is 0 Å². The van der Waals surface area contributed by atoms with Crippen molar-refractivity contribution in [3.05, 3.63) is 29.8 Å². The molecule has 0 saturated carbocycles. The summed E-state index contributed by atoms with van der Waals surface area (Å²) in [6, 6.07) is 8.08. The van der Waals surface area contributed by atoms with Crippen LogP contribution in [-0.2, 0) is 0 Å². The zero-order chi connectivity index (χ0) is 15.9. The van der Waals surface area contributed by atoms with E-state index >= 15 is 0 Å². The number of amides is 2. The zero-order valence-electron chi connectivity index (χ0n) is 13.9. The molecular weight excluding hydrogens is 262 g/mol. The maximum Gasteiger partial charge on any atom is 0.319 e. The van der Waals surface area contributed by atoms with Crippen molar-refractivity contribution >= 4 is 11.7 Å². The molecule has 118 valence electrons. The summed E-state index contributed by atoms with van der Waals surface area (Å²) in [4.78, 5) is 12.1. The Hall–Kier alpha value is -1.55. The normalized spacial score (nSPS) is 12.8. The number of hydrogen-bond donors (Lipinski definition) is 3. The third-order valence-corrected chi connectivity index (χ3v) is 3.48. The van der Waals surface area contributed by atoms with Gasteiger partial charge in [0.25, 0.3) is 0 Å². The van der Waals surface area contributed by atoms with Gasteiger partial charge in [-0.2, -0.15) is 0 Å². The lowest BCUT2D eigenvalue weighted by Crippen LogP contribution is -2.45. The fraction of sp³-hybridized carbons (Fsp3) is 0.588. The molecule has 1 aromatic rings. The second-order valence-corrected chi connectivity index (χ2v) is 6.12. The Labute approximate surface area is 128 Å². The Bertz CT molecular complexity index is 457. The first kappa shape index (κ1) is 17.5. The minimum Gasteiger partial charge on any atom is -0.333 e. The highest BCUT2D eigenvalue weighted by molar-refractivity contribution is 5.89. The van der Waals surface area contributed by atoms with Crippen LogP contribution in [0.2, 0.25) is 0 Å². The van der Waals surface area contributed by atoms with E-state index in [9.17, 15) is 4.79 Å². The van der Waals surface area contributed by atoms with Crippen LogP contribution in [0.25, 0.3) is 0 Å². The third-order valence-electron chi connectivity index (χ3n) is 3.48. The van der Waals surface area contributed by atoms with E-state index in [2.05, 4.69) is 42.8 Å². The highest BCUT2D eigenvalue weighted by Crippen LogP contribution is 2.18. The number of benzene rings is 1. The molecule has 0 aliphatic rings. The molecule has 0 aliphatic heterocycles. The van der Waals surface area contributed by atoms with E-state index in [4.69, 9.17) is 0 Å². The smallest absolute Gasteiger partial charge is 0.319 e. The molecule has 0 saturated heterocycles. The lowest BCUT2D eigenvalue weighted by molar-refractivity contribution is 0.239. The lowest BCUT2D eigenvalue weighted by Gasteiger charge is -2.26. The van der Waals surface area contributed by atoms with Gasteiger partial charge in [0, 0.05) is 17.3 Å². The van der Waals surface area contributed by atoms with Gasteiger partial charge in [0.05, 0.1) is 0 Å². The van der Waals surface area contributed by atoms with Crippen LogP contribution < -0.4 is 16.0 Å². The van der Waals surface area contributed by atoms with Crippen molar-refractivity contribution in [2.24, 2.45) is 0 Å². The zero-order valence-corrected chi connectivity index (χ0v) is 13.9. The Balaban J connectivity index is 2.66. The van der Waals surface area contributed by atoms with Crippen molar-refractivity contribution in [2.45, 2.75) is 59.0 Å². The topological polar surface area (TPSA) is 53.2 Å². The number of urea groups is 1. The van der Waals surface area contributed by atoms with E-state index < -0.39 is 0 Å². The van der Waals surface area contributed by atoms with E-state index in [0.29, 0.717) is 0 Å². The summed E-state index contributed by atoms with van der Waals surface area (Å²) >= 11 is 0. The van der Waals surface area contributed by atoms with Crippen LogP contribution in [0.15, 0.2) is 24.3 Å². The first-order valence-corrected chi connectivity index (χ1v) is 7.80. The van der Waals surface area contributed by atoms with Gasteiger partial charge in [-0.1, -0.05) is 32.4 Å². The molecule has 3 N–H and O–H groups in total. The molecule has 0 bridgehead atoms. The van der Waals surface area contributed by atoms with Gasteiger partial charge >= 0.3 is 6.03 Å². The maximum atomic E-state index is 12.1. The molecule has 1 rings (SSSR count). The van der Waals surface area contributed by atoms with Gasteiger partial charge in [-0.05, 0) is 51.4 Å². The Morgan fingerprint density at radius 2 is 2.00 bits per heavy atom. The highest BCUT2D eigenvalue weighted by Gasteiger charge is 2.19. The molecular formula is C17H29N3O. The van der Waals surface area contributed by atoms with Crippen molar-refractivity contribution in [3.63, 3.8) is 0 Å². The Morgan fingerprint density at radius 1 is 1.29 bits per heavy atom. The van der Waals surface area contributed by atoms with E-state index in [1.165, 1.54) is 5.56 Å². The number of carbonyl (C=O) groups excluding carboxylic acids is 1. The summed E-state index contributed by atoms with van der Waals surface area (Å²) in [5, 5.41) is 9.30. The summed E-state index contributed by atoms with van der Waals surface area (Å²) in [5.74, 6) is 0. The standard InChI is InChI=1S/C17H29N3O/c1-6-11-17(4,5)20-16(21)19-15-10-8-9-14(12-15)13(3)18-7-2/h8-10,12-13,18H,6-7,11H2,1-5H3,(H2,19,20,21). The molecule has 0 aromatic heterocycles. The largest absolute Gasteiger partial charge is 0.333 e. The van der Waals surface area contributed by atoms with Crippen LogP contribution >= 0.6 is 0 Å². The van der Waals surface area contributed by atoms with Crippen LogP contribution in [0.1, 0.15) is 59.1 Å². The maximum absolute atomic E-state index is 12.1. The Kier molecular flexibility index (Phi) is 6.69. The third kappa shape index (κ3) is 6.17. The number of rotatable bonds is 7. The van der Waals surface area contributed by atoms with E-state index in [1.54, 1.807) is 0 Å². The number of carbonyl (C=O) groups is 1. The molecule has 2 amide bonds. The van der Waals surface area contributed by atoms with Crippen LogP contribution in [0.4, 0.5) is 10.5 Å². The second kappa shape index (κ2) is 8.03. The summed E-state index contributed by atoms with van der Waals surface area (Å²) < 4.78 is 0. The first-order valence-electron chi connectivity index (χ1n) is 7.80. The molecule has 0 aliphatic carbocycles. The van der Waals surface area contributed by atoms with Crippen molar-refractivity contribution < 1.29 is 4.79 Å². The SMILES string of the molecule is CCCC(C)(C)NC(=O)Nc1cccc(C(C)NCC)c1. The molecule has 1 atom stereocenters. The average molecular weight is 291 g/mol. The summed E-state index contributed by atoms with van der Waals surface area (Å²) in [6.45, 7) is 11.3. The first-order chi connectivity index (χ1) is 9.88. The van der Waals surface area contributed by atoms with Gasteiger partial charge < -0.3 is 16.0 Å². The van der Waals surface area contributed by atoms with E-state index in [0.717, 1.165) is 25.1 Å². The van der Waals surface area contributed by atoms with Crippen LogP contribution in [0.5, 0.6) is 0 Å². The quantitative estimate of drug-likeness (QED) is 0.709. The van der Waals surface area contributed by atoms with Crippen LogP contribution in [0.3, 0.4) is 0 Å². The fourth-order valence-corrected chi connectivity index (χ4v) is 2.47. The molecule has 4 heteroatoms. The predicted octanol–water partition coefficient (Wildman–Crippen LogP) is 4.06. The number of hydrogen-bond acceptors (Lipinski definition) is 2. The van der Waals surface area contributed by atoms with Crippen LogP contribution in [0, 0.1) is 0 Å². The predicted molar refractivity (Wildman–Crippen MR) is 89.7 cm³/mol. The summed E-state index contributed by atoms with van der Waals surface area (Å²) in [7, 11) is 0. The Morgan fingerprint density at radius 3 is 2.62 bits per heavy atom. The van der Waals surface area contributed by atoms with Crippen molar-refractivity contribution in [1.29, 1.82) is 0 Å². The number of anilines is 1. The number of nitrogens with one attached hydrogen (secondary N) is 3. The van der Waals surface area contributed by atoms with Crippen LogP contribution in [-0.4, -0.2) is 18.1 Å². The monoisotopic (exact) mass is 291 g/mol. The van der Waals surface area contributed by atoms with Gasteiger partial charge in [0.2, 0.25) is 0 Å². The van der Waals surface area contributed by atoms with Crippen molar-refractivity contribution in [1.82, 2.24) is 10.6 Å². The van der Waals surface area contributed by atoms with Gasteiger partial charge in [-0.3, -0.25) is 0 Å². The van der Waals surface area contributed by atoms with Gasteiger partial charge in [-0.15, -0.1) is 0 Å². The average Bonchev–Trinajstić information content (AvgIpc) is 2.38. The second-order valence-electron chi connectivity index (χ2n) is 6.12. The lowest BCUT2D eigenvalue weighted by atomic mass is 9.99. The fourth-order valence-electron chi connectivity index (χ4n) is 2.47. The van der Waals surface area contributed by atoms with Crippen molar-refractivity contribution in [2.75, 3.05) is 11.9 Å². The molecule has 1 unspecified atom stereocenters. The summed E-state index contributed by atoms with van der Waals surface area (Å²) in [5.41, 5.74) is 1.80. The molecule has 0 fully saturated rings. The molecule has 4 nitrogen and oxygen atoms in total. The molecule has 1 aromatic carbocycles.